The van der Waals surface area contributed by atoms with Gasteiger partial charge in [-0.05, 0) is 47.5 Å². The Labute approximate surface area is 118 Å². The smallest absolute Gasteiger partial charge is 0.0729 e. The Hall–Kier alpha value is 0.580. The van der Waals surface area contributed by atoms with Crippen molar-refractivity contribution < 1.29 is 10.2 Å². The van der Waals surface area contributed by atoms with Gasteiger partial charge in [-0.15, -0.1) is 12.8 Å². The average molecular weight is 286 g/mol. The molecule has 3 nitrogen and oxygen atoms in total. The summed E-state index contributed by atoms with van der Waals surface area (Å²) in [6.07, 6.45) is 0. The molecule has 0 bridgehead atoms. The fourth-order valence-electron chi connectivity index (χ4n) is 0. The molecular weight excluding hydrogens is 254 g/mol. The van der Waals surface area contributed by atoms with E-state index in [2.05, 4.69) is 30.6 Å². The second kappa shape index (κ2) is 8.64. The number of aliphatic hydroxyl groups is 2. The zero-order chi connectivity index (χ0) is 15.1. The highest BCUT2D eigenvalue weighted by molar-refractivity contribution is 7.81. The first-order chi connectivity index (χ1) is 7.19. The largest absolute Gasteiger partial charge is 0.390 e. The Kier molecular flexibility index (Phi) is 11.6. The van der Waals surface area contributed by atoms with E-state index in [0.717, 1.165) is 0 Å². The van der Waals surface area contributed by atoms with Crippen LogP contribution in [0.3, 0.4) is 0 Å². The second-order valence-electron chi connectivity index (χ2n) is 5.93. The number of hydrogen-bond acceptors (Lipinski definition) is 5. The maximum atomic E-state index is 9.28. The van der Waals surface area contributed by atoms with Crippen molar-refractivity contribution in [3.63, 3.8) is 0 Å². The molecule has 5 heteroatoms. The highest BCUT2D eigenvalue weighted by Gasteiger charge is 2.30. The minimum atomic E-state index is -0.698. The van der Waals surface area contributed by atoms with Crippen molar-refractivity contribution >= 4 is 25.4 Å². The number of nitrogens with two attached hydrogens (primary N) is 1. The molecule has 0 heterocycles. The fourth-order valence-corrected chi connectivity index (χ4v) is 0. The molecule has 0 aliphatic heterocycles. The molecule has 0 unspecified atom stereocenters. The van der Waals surface area contributed by atoms with Crippen LogP contribution in [-0.4, -0.2) is 26.2 Å². The van der Waals surface area contributed by atoms with Crippen molar-refractivity contribution in [3.8, 4) is 0 Å². The lowest BCUT2D eigenvalue weighted by Crippen LogP contribution is -2.40. The summed E-state index contributed by atoms with van der Waals surface area (Å²) >= 11 is 7.21. The minimum absolute atomic E-state index is 0.312. The van der Waals surface area contributed by atoms with Crippen LogP contribution in [0.1, 0.15) is 55.4 Å². The van der Waals surface area contributed by atoms with E-state index in [-0.39, 0.29) is 4.75 Å². The van der Waals surface area contributed by atoms with E-state index in [1.54, 1.807) is 13.8 Å². The lowest BCUT2D eigenvalue weighted by molar-refractivity contribution is 0.0327. The van der Waals surface area contributed by atoms with Gasteiger partial charge in [0.2, 0.25) is 0 Å². The Bertz CT molecular complexity index is 164. The van der Waals surface area contributed by atoms with Gasteiger partial charge < -0.3 is 10.2 Å². The van der Waals surface area contributed by atoms with Gasteiger partial charge >= 0.3 is 0 Å². The summed E-state index contributed by atoms with van der Waals surface area (Å²) in [7, 11) is 0. The first-order valence-corrected chi connectivity index (χ1v) is 6.59. The molecule has 108 valence electrons. The summed E-state index contributed by atoms with van der Waals surface area (Å²) in [5, 5.41) is 22.6. The molecule has 0 radical (unpaired) electrons. The molecule has 17 heavy (non-hydrogen) atoms. The number of hydrogen-bond donors (Lipinski definition) is 5. The van der Waals surface area contributed by atoms with Crippen LogP contribution < -0.4 is 5.14 Å². The van der Waals surface area contributed by atoms with Gasteiger partial charge in [0, 0.05) is 4.75 Å². The van der Waals surface area contributed by atoms with Crippen LogP contribution in [0, 0.1) is 5.92 Å². The summed E-state index contributed by atoms with van der Waals surface area (Å²) in [5.74, 6) is 0.354. The van der Waals surface area contributed by atoms with Crippen LogP contribution in [0.4, 0.5) is 0 Å². The molecular formula is C12H31NO2S2. The Morgan fingerprint density at radius 1 is 0.882 bits per heavy atom. The molecule has 0 rings (SSSR count). The quantitative estimate of drug-likeness (QED) is 0.507. The molecule has 0 aromatic heterocycles. The van der Waals surface area contributed by atoms with Gasteiger partial charge in [0.05, 0.1) is 11.2 Å². The number of rotatable bonds is 2. The predicted octanol–water partition coefficient (Wildman–Crippen LogP) is 2.67. The lowest BCUT2D eigenvalue weighted by atomic mass is 9.94. The highest BCUT2D eigenvalue weighted by Crippen LogP contribution is 2.26. The van der Waals surface area contributed by atoms with Crippen LogP contribution >= 0.6 is 25.4 Å². The van der Waals surface area contributed by atoms with Gasteiger partial charge in [0.25, 0.3) is 0 Å². The third-order valence-corrected chi connectivity index (χ3v) is 3.46. The van der Waals surface area contributed by atoms with Crippen molar-refractivity contribution in [2.75, 3.05) is 0 Å². The molecule has 0 aromatic rings. The van der Waals surface area contributed by atoms with E-state index < -0.39 is 11.2 Å². The van der Waals surface area contributed by atoms with Gasteiger partial charge in [0.1, 0.15) is 0 Å². The fraction of sp³-hybridized carbons (Fsp3) is 1.00. The summed E-state index contributed by atoms with van der Waals surface area (Å²) < 4.78 is -0.312. The van der Waals surface area contributed by atoms with Crippen molar-refractivity contribution in [1.82, 2.24) is 0 Å². The normalized spacial score (nSPS) is 12.4. The van der Waals surface area contributed by atoms with Crippen molar-refractivity contribution in [2.24, 2.45) is 11.1 Å². The van der Waals surface area contributed by atoms with Crippen LogP contribution in [-0.2, 0) is 0 Å². The molecule has 0 aromatic carbocycles. The summed E-state index contributed by atoms with van der Waals surface area (Å²) in [6.45, 7) is 14.9. The molecule has 0 saturated carbocycles. The Morgan fingerprint density at radius 2 is 1.00 bits per heavy atom. The Morgan fingerprint density at radius 3 is 1.00 bits per heavy atom. The molecule has 0 saturated heterocycles. The summed E-state index contributed by atoms with van der Waals surface area (Å²) in [6, 6.07) is 0. The van der Waals surface area contributed by atoms with Gasteiger partial charge in [-0.3, -0.25) is 5.14 Å². The molecule has 0 spiro atoms. The van der Waals surface area contributed by atoms with E-state index in [0.29, 0.717) is 5.92 Å². The van der Waals surface area contributed by atoms with Crippen LogP contribution in [0.15, 0.2) is 0 Å². The highest BCUT2D eigenvalue weighted by atomic mass is 32.1. The van der Waals surface area contributed by atoms with Crippen molar-refractivity contribution in [3.05, 3.63) is 0 Å². The van der Waals surface area contributed by atoms with Crippen molar-refractivity contribution in [1.29, 1.82) is 0 Å². The maximum absolute atomic E-state index is 9.28. The van der Waals surface area contributed by atoms with Gasteiger partial charge in [-0.25, -0.2) is 0 Å². The van der Waals surface area contributed by atoms with E-state index in [1.807, 2.05) is 41.5 Å². The van der Waals surface area contributed by atoms with E-state index in [9.17, 15) is 5.11 Å². The average Bonchev–Trinajstić information content (AvgIpc) is 2.03. The van der Waals surface area contributed by atoms with E-state index in [1.165, 1.54) is 0 Å². The maximum Gasteiger partial charge on any atom is 0.0729 e. The first-order valence-electron chi connectivity index (χ1n) is 5.62. The summed E-state index contributed by atoms with van der Waals surface area (Å²) in [5.41, 5.74) is -1.20. The van der Waals surface area contributed by atoms with Gasteiger partial charge in [-0.2, -0.15) is 12.6 Å². The van der Waals surface area contributed by atoms with Crippen LogP contribution in [0.25, 0.3) is 0 Å². The van der Waals surface area contributed by atoms with E-state index >= 15 is 0 Å². The van der Waals surface area contributed by atoms with Crippen molar-refractivity contribution in [2.45, 2.75) is 71.3 Å². The third-order valence-electron chi connectivity index (χ3n) is 2.91. The monoisotopic (exact) mass is 285 g/mol. The lowest BCUT2D eigenvalue weighted by Gasteiger charge is -2.32. The first kappa shape index (κ1) is 22.7. The number of thiol groups is 2. The van der Waals surface area contributed by atoms with Crippen LogP contribution in [0.2, 0.25) is 0 Å². The van der Waals surface area contributed by atoms with Gasteiger partial charge in [-0.1, -0.05) is 13.8 Å². The molecule has 0 atom stereocenters. The summed E-state index contributed by atoms with van der Waals surface area (Å²) in [4.78, 5) is 0. The minimum Gasteiger partial charge on any atom is -0.390 e. The molecule has 0 amide bonds. The topological polar surface area (TPSA) is 66.5 Å². The van der Waals surface area contributed by atoms with Gasteiger partial charge in [0.15, 0.2) is 0 Å². The third kappa shape index (κ3) is 14.5. The molecule has 4 N–H and O–H groups in total. The molecule has 0 aliphatic rings. The SMILES string of the molecule is CC(C)(O)C(C)(C)S.CC(C)C(C)(C)O.NS. The van der Waals surface area contributed by atoms with E-state index in [4.69, 9.17) is 5.11 Å². The standard InChI is InChI=1S/C6H14OS.C6H14O.H3NS/c1-5(2,7)6(3,4)8;1-5(2)6(3,4)7;1-2/h7-8H,1-4H3;5,7H,1-4H3;2H,1H2. The predicted molar refractivity (Wildman–Crippen MR) is 83.7 cm³/mol. The molecule has 0 aliphatic carbocycles. The van der Waals surface area contributed by atoms with Crippen LogP contribution in [0.5, 0.6) is 0 Å². The second-order valence-corrected chi connectivity index (χ2v) is 7.04. The zero-order valence-electron chi connectivity index (χ0n) is 12.4. The molecule has 0 fully saturated rings. The Balaban J connectivity index is -0.000000202. The zero-order valence-corrected chi connectivity index (χ0v) is 14.2.